The molecule has 0 bridgehead atoms. The van der Waals surface area contributed by atoms with E-state index < -0.39 is 15.9 Å². The molecule has 0 saturated heterocycles. The number of sulfonamides is 1. The van der Waals surface area contributed by atoms with E-state index in [1.807, 2.05) is 67.6 Å². The lowest BCUT2D eigenvalue weighted by atomic mass is 10.2. The highest BCUT2D eigenvalue weighted by molar-refractivity contribution is 8.01. The van der Waals surface area contributed by atoms with E-state index in [4.69, 9.17) is 0 Å². The van der Waals surface area contributed by atoms with E-state index in [2.05, 4.69) is 9.82 Å². The van der Waals surface area contributed by atoms with Crippen molar-refractivity contribution < 1.29 is 13.2 Å². The number of amides is 1. The molecule has 9 heteroatoms. The molecule has 0 unspecified atom stereocenters. The molecule has 4 rings (SSSR count). The van der Waals surface area contributed by atoms with Gasteiger partial charge in [0.25, 0.3) is 10.0 Å². The lowest BCUT2D eigenvalue weighted by Gasteiger charge is -2.08. The van der Waals surface area contributed by atoms with Crippen molar-refractivity contribution in [2.24, 2.45) is 0 Å². The highest BCUT2D eigenvalue weighted by Crippen LogP contribution is 2.34. The topological polar surface area (TPSA) is 81.1 Å². The Labute approximate surface area is 189 Å². The van der Waals surface area contributed by atoms with Crippen molar-refractivity contribution in [2.75, 3.05) is 0 Å². The van der Waals surface area contributed by atoms with E-state index in [0.29, 0.717) is 5.69 Å². The van der Waals surface area contributed by atoms with Crippen LogP contribution in [0.2, 0.25) is 0 Å². The summed E-state index contributed by atoms with van der Waals surface area (Å²) in [4.78, 5) is 13.6. The minimum absolute atomic E-state index is 0.104. The Hall–Kier alpha value is -2.88. The lowest BCUT2D eigenvalue weighted by Crippen LogP contribution is -2.31. The van der Waals surface area contributed by atoms with E-state index in [9.17, 15) is 13.2 Å². The molecule has 0 radical (unpaired) electrons. The minimum Gasteiger partial charge on any atom is -0.274 e. The van der Waals surface area contributed by atoms with Crippen LogP contribution in [0.5, 0.6) is 0 Å². The van der Waals surface area contributed by atoms with Crippen LogP contribution in [-0.2, 0) is 21.2 Å². The summed E-state index contributed by atoms with van der Waals surface area (Å²) in [5.74, 6) is -0.609. The fraction of sp³-hybridized carbons (Fsp3) is 0.0909. The largest absolute Gasteiger partial charge is 0.274 e. The zero-order chi connectivity index (χ0) is 21.8. The van der Waals surface area contributed by atoms with Crippen molar-refractivity contribution in [3.63, 3.8) is 0 Å². The number of para-hydroxylation sites is 1. The summed E-state index contributed by atoms with van der Waals surface area (Å²) < 4.78 is 30.2. The first-order valence-electron chi connectivity index (χ1n) is 9.40. The van der Waals surface area contributed by atoms with Gasteiger partial charge in [0.2, 0.25) is 5.91 Å². The number of carbonyl (C=O) groups excluding carboxylic acids is 1. The maximum absolute atomic E-state index is 12.7. The summed E-state index contributed by atoms with van der Waals surface area (Å²) in [6.45, 7) is 1.83. The number of aryl methyl sites for hydroxylation is 1. The normalized spacial score (nSPS) is 11.4. The van der Waals surface area contributed by atoms with E-state index in [0.717, 1.165) is 31.8 Å². The van der Waals surface area contributed by atoms with Crippen LogP contribution >= 0.6 is 23.1 Å². The molecule has 31 heavy (non-hydrogen) atoms. The quantitative estimate of drug-likeness (QED) is 0.433. The van der Waals surface area contributed by atoms with Crippen LogP contribution in [0.4, 0.5) is 0 Å². The molecule has 0 fully saturated rings. The summed E-state index contributed by atoms with van der Waals surface area (Å²) in [5.41, 5.74) is 2.17. The first-order chi connectivity index (χ1) is 14.9. The van der Waals surface area contributed by atoms with E-state index in [-0.39, 0.29) is 10.6 Å². The predicted molar refractivity (Wildman–Crippen MR) is 122 cm³/mol. The molecular formula is C22H19N3O3S3. The van der Waals surface area contributed by atoms with Gasteiger partial charge in [-0.05, 0) is 49.4 Å². The zero-order valence-electron chi connectivity index (χ0n) is 16.6. The molecule has 4 aromatic rings. The van der Waals surface area contributed by atoms with E-state index in [1.165, 1.54) is 17.8 Å². The molecule has 0 saturated carbocycles. The summed E-state index contributed by atoms with van der Waals surface area (Å²) in [6.07, 6.45) is -0.105. The van der Waals surface area contributed by atoms with Crippen LogP contribution in [0.3, 0.4) is 0 Å². The molecule has 2 aromatic carbocycles. The van der Waals surface area contributed by atoms with Gasteiger partial charge in [-0.1, -0.05) is 48.2 Å². The number of aromatic nitrogens is 2. The average Bonchev–Trinajstić information content (AvgIpc) is 3.36. The van der Waals surface area contributed by atoms with Gasteiger partial charge >= 0.3 is 0 Å². The van der Waals surface area contributed by atoms with Gasteiger partial charge in [-0.25, -0.2) is 17.8 Å². The number of rotatable bonds is 7. The zero-order valence-corrected chi connectivity index (χ0v) is 19.0. The molecule has 6 nitrogen and oxygen atoms in total. The molecule has 0 aliphatic carbocycles. The number of thiophene rings is 1. The van der Waals surface area contributed by atoms with Crippen molar-refractivity contribution in [2.45, 2.75) is 26.7 Å². The van der Waals surface area contributed by atoms with Crippen LogP contribution in [0.25, 0.3) is 5.69 Å². The van der Waals surface area contributed by atoms with Gasteiger partial charge in [0.1, 0.15) is 4.21 Å². The van der Waals surface area contributed by atoms with E-state index in [1.54, 1.807) is 16.8 Å². The summed E-state index contributed by atoms with van der Waals surface area (Å²) in [7, 11) is -3.95. The van der Waals surface area contributed by atoms with Crippen molar-refractivity contribution in [1.29, 1.82) is 0 Å². The molecule has 0 aliphatic heterocycles. The fourth-order valence-corrected chi connectivity index (χ4v) is 6.55. The SMILES string of the molecule is Cc1cc(CC(=O)NS(=O)(=O)c2ccc(Sc3ccccc3)s2)n(-c2ccccc2)n1. The van der Waals surface area contributed by atoms with Crippen molar-refractivity contribution in [3.05, 3.63) is 90.3 Å². The van der Waals surface area contributed by atoms with Gasteiger partial charge in [0, 0.05) is 4.90 Å². The molecule has 0 aliphatic rings. The Morgan fingerprint density at radius 1 is 1.03 bits per heavy atom. The van der Waals surface area contributed by atoms with Gasteiger partial charge in [-0.3, -0.25) is 4.79 Å². The van der Waals surface area contributed by atoms with Crippen LogP contribution < -0.4 is 4.72 Å². The average molecular weight is 470 g/mol. The van der Waals surface area contributed by atoms with Gasteiger partial charge in [0.15, 0.2) is 0 Å². The second-order valence-corrected chi connectivity index (χ2v) is 11.1. The Balaban J connectivity index is 1.47. The molecule has 2 heterocycles. The first kappa shape index (κ1) is 21.4. The summed E-state index contributed by atoms with van der Waals surface area (Å²) in [6, 6.07) is 24.1. The Morgan fingerprint density at radius 2 is 1.71 bits per heavy atom. The molecule has 0 spiro atoms. The third-order valence-electron chi connectivity index (χ3n) is 4.28. The molecule has 2 aromatic heterocycles. The van der Waals surface area contributed by atoms with Crippen LogP contribution in [0.1, 0.15) is 11.4 Å². The van der Waals surface area contributed by atoms with Crippen LogP contribution in [-0.4, -0.2) is 24.1 Å². The number of nitrogens with one attached hydrogen (secondary N) is 1. The van der Waals surface area contributed by atoms with Crippen LogP contribution in [0.15, 0.2) is 92.2 Å². The predicted octanol–water partition coefficient (Wildman–Crippen LogP) is 4.44. The fourth-order valence-electron chi connectivity index (χ4n) is 2.98. The van der Waals surface area contributed by atoms with Gasteiger partial charge < -0.3 is 0 Å². The standard InChI is InChI=1S/C22H19N3O3S3/c1-16-14-18(25(23-16)17-8-4-2-5-9-17)15-20(26)24-31(27,28)22-13-12-21(30-22)29-19-10-6-3-7-11-19/h2-14H,15H2,1H3,(H,24,26). The molecular weight excluding hydrogens is 450 g/mol. The number of nitrogens with zero attached hydrogens (tertiary/aromatic N) is 2. The Kier molecular flexibility index (Phi) is 6.26. The maximum atomic E-state index is 12.7. The Morgan fingerprint density at radius 3 is 2.42 bits per heavy atom. The van der Waals surface area contributed by atoms with E-state index >= 15 is 0 Å². The number of benzene rings is 2. The number of hydrogen-bond acceptors (Lipinski definition) is 6. The molecule has 0 atom stereocenters. The van der Waals surface area contributed by atoms with Gasteiger partial charge in [-0.2, -0.15) is 5.10 Å². The second-order valence-electron chi connectivity index (χ2n) is 6.72. The monoisotopic (exact) mass is 469 g/mol. The van der Waals surface area contributed by atoms with Gasteiger partial charge in [0.05, 0.1) is 27.7 Å². The summed E-state index contributed by atoms with van der Waals surface area (Å²) in [5, 5.41) is 4.42. The first-order valence-corrected chi connectivity index (χ1v) is 12.5. The number of hydrogen-bond donors (Lipinski definition) is 1. The number of carbonyl (C=O) groups is 1. The van der Waals surface area contributed by atoms with Crippen molar-refractivity contribution in [3.8, 4) is 5.69 Å². The molecule has 158 valence electrons. The van der Waals surface area contributed by atoms with Crippen molar-refractivity contribution in [1.82, 2.24) is 14.5 Å². The van der Waals surface area contributed by atoms with Crippen LogP contribution in [0, 0.1) is 6.92 Å². The molecule has 1 N–H and O–H groups in total. The third-order valence-corrected chi connectivity index (χ3v) is 8.37. The maximum Gasteiger partial charge on any atom is 0.273 e. The van der Waals surface area contributed by atoms with Gasteiger partial charge in [-0.15, -0.1) is 11.3 Å². The second kappa shape index (κ2) is 9.09. The lowest BCUT2D eigenvalue weighted by molar-refractivity contribution is -0.118. The highest BCUT2D eigenvalue weighted by Gasteiger charge is 2.22. The third kappa shape index (κ3) is 5.25. The molecule has 1 amide bonds. The highest BCUT2D eigenvalue weighted by atomic mass is 32.3. The smallest absolute Gasteiger partial charge is 0.273 e. The minimum atomic E-state index is -3.95. The van der Waals surface area contributed by atoms with Crippen molar-refractivity contribution >= 4 is 39.0 Å². The summed E-state index contributed by atoms with van der Waals surface area (Å²) >= 11 is 2.61. The Bertz CT molecular complexity index is 1300.